The van der Waals surface area contributed by atoms with Gasteiger partial charge in [0.05, 0.1) is 13.2 Å². The number of ether oxygens (including phenoxy) is 2. The summed E-state index contributed by atoms with van der Waals surface area (Å²) in [6, 6.07) is -1.78. The van der Waals surface area contributed by atoms with Gasteiger partial charge in [0.25, 0.3) is 0 Å². The fraction of sp³-hybridized carbons (Fsp3) is 0.737. The van der Waals surface area contributed by atoms with E-state index in [4.69, 9.17) is 9.47 Å². The van der Waals surface area contributed by atoms with Crippen molar-refractivity contribution >= 4 is 29.7 Å². The Morgan fingerprint density at radius 2 is 1.52 bits per heavy atom. The van der Waals surface area contributed by atoms with Crippen molar-refractivity contribution in [2.75, 3.05) is 19.8 Å². The lowest BCUT2D eigenvalue weighted by atomic mass is 10.0. The number of carbonyl (C=O) groups excluding carboxylic acids is 5. The van der Waals surface area contributed by atoms with Crippen molar-refractivity contribution < 1.29 is 33.4 Å². The van der Waals surface area contributed by atoms with Gasteiger partial charge in [-0.2, -0.15) is 0 Å². The van der Waals surface area contributed by atoms with Gasteiger partial charge in [0, 0.05) is 13.3 Å². The zero-order valence-corrected chi connectivity index (χ0v) is 17.8. The summed E-state index contributed by atoms with van der Waals surface area (Å²) in [5.74, 6) is -2.45. The first-order valence-corrected chi connectivity index (χ1v) is 9.77. The van der Waals surface area contributed by atoms with Crippen LogP contribution in [0.3, 0.4) is 0 Å². The fourth-order valence-corrected chi connectivity index (χ4v) is 2.48. The van der Waals surface area contributed by atoms with Crippen molar-refractivity contribution in [1.82, 2.24) is 16.0 Å². The molecule has 0 saturated heterocycles. The van der Waals surface area contributed by atoms with Crippen molar-refractivity contribution in [3.05, 3.63) is 0 Å². The smallest absolute Gasteiger partial charge is 0.328 e. The zero-order chi connectivity index (χ0) is 22.4. The maximum Gasteiger partial charge on any atom is 0.328 e. The molecule has 0 spiro atoms. The van der Waals surface area contributed by atoms with Crippen LogP contribution in [0.1, 0.15) is 53.9 Å². The van der Waals surface area contributed by atoms with Gasteiger partial charge in [0.2, 0.25) is 17.7 Å². The minimum absolute atomic E-state index is 0.0308. The summed E-state index contributed by atoms with van der Waals surface area (Å²) in [6.07, 6.45) is 0.306. The van der Waals surface area contributed by atoms with E-state index in [-0.39, 0.29) is 38.5 Å². The van der Waals surface area contributed by atoms with Crippen LogP contribution in [0.5, 0.6) is 0 Å². The van der Waals surface area contributed by atoms with Crippen LogP contribution in [0.15, 0.2) is 0 Å². The molecule has 10 heteroatoms. The van der Waals surface area contributed by atoms with Crippen molar-refractivity contribution in [3.63, 3.8) is 0 Å². The van der Waals surface area contributed by atoms with Crippen molar-refractivity contribution in [2.45, 2.75) is 66.0 Å². The Bertz CT molecular complexity index is 578. The Morgan fingerprint density at radius 3 is 2.03 bits per heavy atom. The van der Waals surface area contributed by atoms with Crippen LogP contribution in [0, 0.1) is 5.92 Å². The van der Waals surface area contributed by atoms with Crippen LogP contribution in [0.25, 0.3) is 0 Å². The highest BCUT2D eigenvalue weighted by atomic mass is 16.5. The number of carbonyl (C=O) groups is 5. The highest BCUT2D eigenvalue weighted by Crippen LogP contribution is 2.07. The van der Waals surface area contributed by atoms with Crippen LogP contribution in [-0.4, -0.2) is 61.5 Å². The van der Waals surface area contributed by atoms with Gasteiger partial charge in [-0.25, -0.2) is 4.79 Å². The number of esters is 2. The molecule has 166 valence electrons. The molecule has 0 aromatic heterocycles. The van der Waals surface area contributed by atoms with Gasteiger partial charge in [-0.1, -0.05) is 13.8 Å². The number of hydrogen-bond acceptors (Lipinski definition) is 7. The van der Waals surface area contributed by atoms with Crippen LogP contribution < -0.4 is 16.0 Å². The second kappa shape index (κ2) is 14.4. The highest BCUT2D eigenvalue weighted by molar-refractivity contribution is 5.90. The Balaban J connectivity index is 4.82. The molecule has 0 rings (SSSR count). The standard InChI is InChI=1S/C19H33N3O7/c1-6-28-17(25)11-20-18(26)15(10-12(3)4)22-16(24)9-8-14(21-13(5)23)19(27)29-7-2/h12,14-15H,6-11H2,1-5H3,(H,20,26)(H,21,23)(H,22,24)/t14-,15-/m0/s1. The highest BCUT2D eigenvalue weighted by Gasteiger charge is 2.25. The van der Waals surface area contributed by atoms with E-state index in [2.05, 4.69) is 16.0 Å². The lowest BCUT2D eigenvalue weighted by Gasteiger charge is -2.21. The molecule has 0 saturated carbocycles. The summed E-state index contributed by atoms with van der Waals surface area (Å²) in [6.45, 7) is 8.42. The molecule has 0 aromatic carbocycles. The summed E-state index contributed by atoms with van der Waals surface area (Å²) in [7, 11) is 0. The minimum atomic E-state index is -0.945. The quantitative estimate of drug-likeness (QED) is 0.361. The molecule has 0 fully saturated rings. The third kappa shape index (κ3) is 12.4. The van der Waals surface area contributed by atoms with E-state index < -0.39 is 41.7 Å². The van der Waals surface area contributed by atoms with Crippen LogP contribution in [0.4, 0.5) is 0 Å². The summed E-state index contributed by atoms with van der Waals surface area (Å²) in [5, 5.41) is 7.51. The van der Waals surface area contributed by atoms with Gasteiger partial charge in [0.1, 0.15) is 18.6 Å². The molecule has 0 aliphatic heterocycles. The molecule has 0 unspecified atom stereocenters. The van der Waals surface area contributed by atoms with Gasteiger partial charge in [0.15, 0.2) is 0 Å². The van der Waals surface area contributed by atoms with Gasteiger partial charge < -0.3 is 25.4 Å². The Hall–Kier alpha value is -2.65. The van der Waals surface area contributed by atoms with Crippen molar-refractivity contribution in [3.8, 4) is 0 Å². The molecule has 29 heavy (non-hydrogen) atoms. The molecular formula is C19H33N3O7. The Labute approximate surface area is 171 Å². The maximum atomic E-state index is 12.3. The Kier molecular flexibility index (Phi) is 13.0. The molecule has 10 nitrogen and oxygen atoms in total. The molecule has 3 N–H and O–H groups in total. The topological polar surface area (TPSA) is 140 Å². The molecule has 0 bridgehead atoms. The first kappa shape index (κ1) is 26.4. The molecule has 0 aliphatic rings. The Morgan fingerprint density at radius 1 is 0.897 bits per heavy atom. The molecule has 2 atom stereocenters. The number of nitrogens with one attached hydrogen (secondary N) is 3. The van der Waals surface area contributed by atoms with E-state index in [9.17, 15) is 24.0 Å². The summed E-state index contributed by atoms with van der Waals surface area (Å²) in [5.41, 5.74) is 0. The van der Waals surface area contributed by atoms with E-state index in [1.807, 2.05) is 13.8 Å². The van der Waals surface area contributed by atoms with Crippen LogP contribution in [-0.2, 0) is 33.4 Å². The van der Waals surface area contributed by atoms with E-state index >= 15 is 0 Å². The van der Waals surface area contributed by atoms with E-state index in [0.29, 0.717) is 6.42 Å². The van der Waals surface area contributed by atoms with Gasteiger partial charge in [-0.05, 0) is 32.6 Å². The van der Waals surface area contributed by atoms with E-state index in [0.717, 1.165) is 0 Å². The number of hydrogen-bond donors (Lipinski definition) is 3. The minimum Gasteiger partial charge on any atom is -0.465 e. The molecule has 0 aliphatic carbocycles. The number of amides is 3. The predicted octanol–water partition coefficient (Wildman–Crippen LogP) is 0.0446. The lowest BCUT2D eigenvalue weighted by Crippen LogP contribution is -2.49. The number of rotatable bonds is 13. The van der Waals surface area contributed by atoms with Gasteiger partial charge >= 0.3 is 11.9 Å². The van der Waals surface area contributed by atoms with Crippen molar-refractivity contribution in [1.29, 1.82) is 0 Å². The molecule has 0 radical (unpaired) electrons. The monoisotopic (exact) mass is 415 g/mol. The first-order valence-electron chi connectivity index (χ1n) is 9.77. The van der Waals surface area contributed by atoms with E-state index in [1.165, 1.54) is 6.92 Å². The summed E-state index contributed by atoms with van der Waals surface area (Å²) < 4.78 is 9.64. The first-order chi connectivity index (χ1) is 13.6. The maximum absolute atomic E-state index is 12.3. The average Bonchev–Trinajstić information content (AvgIpc) is 2.62. The largest absolute Gasteiger partial charge is 0.465 e. The SMILES string of the molecule is CCOC(=O)CNC(=O)[C@H](CC(C)C)NC(=O)CC[C@H](NC(C)=O)C(=O)OCC. The van der Waals surface area contributed by atoms with Gasteiger partial charge in [-0.15, -0.1) is 0 Å². The third-order valence-corrected chi connectivity index (χ3v) is 3.68. The fourth-order valence-electron chi connectivity index (χ4n) is 2.48. The second-order valence-corrected chi connectivity index (χ2v) is 6.82. The molecular weight excluding hydrogens is 382 g/mol. The summed E-state index contributed by atoms with van der Waals surface area (Å²) in [4.78, 5) is 59.2. The average molecular weight is 415 g/mol. The predicted molar refractivity (Wildman–Crippen MR) is 105 cm³/mol. The molecule has 0 heterocycles. The van der Waals surface area contributed by atoms with Crippen LogP contribution >= 0.6 is 0 Å². The normalized spacial score (nSPS) is 12.5. The molecule has 0 aromatic rings. The van der Waals surface area contributed by atoms with E-state index in [1.54, 1.807) is 13.8 Å². The van der Waals surface area contributed by atoms with Crippen LogP contribution in [0.2, 0.25) is 0 Å². The van der Waals surface area contributed by atoms with Crippen molar-refractivity contribution in [2.24, 2.45) is 5.92 Å². The van der Waals surface area contributed by atoms with Gasteiger partial charge in [-0.3, -0.25) is 19.2 Å². The second-order valence-electron chi connectivity index (χ2n) is 6.82. The summed E-state index contributed by atoms with van der Waals surface area (Å²) >= 11 is 0. The molecule has 3 amide bonds. The third-order valence-electron chi connectivity index (χ3n) is 3.68. The zero-order valence-electron chi connectivity index (χ0n) is 17.8. The lowest BCUT2D eigenvalue weighted by molar-refractivity contribution is -0.147.